The molecule has 1 atom stereocenters. The first kappa shape index (κ1) is 24.4. The van der Waals surface area contributed by atoms with E-state index in [1.54, 1.807) is 66.7 Å². The number of ketones is 1. The molecule has 7 heteroatoms. The number of aliphatic hydroxyl groups excluding tert-OH is 1. The van der Waals surface area contributed by atoms with Crippen LogP contribution in [0.3, 0.4) is 0 Å². The van der Waals surface area contributed by atoms with Gasteiger partial charge in [-0.2, -0.15) is 0 Å². The minimum atomic E-state index is -0.836. The molecule has 1 aliphatic heterocycles. The maximum atomic E-state index is 13.3. The number of amides is 1. The molecule has 0 spiro atoms. The van der Waals surface area contributed by atoms with Gasteiger partial charge in [0.2, 0.25) is 0 Å². The highest BCUT2D eigenvalue weighted by Gasteiger charge is 2.47. The van der Waals surface area contributed by atoms with Gasteiger partial charge >= 0.3 is 0 Å². The summed E-state index contributed by atoms with van der Waals surface area (Å²) in [7, 11) is 0. The second-order valence-electron chi connectivity index (χ2n) is 8.32. The lowest BCUT2D eigenvalue weighted by Gasteiger charge is -2.25. The fourth-order valence-corrected chi connectivity index (χ4v) is 4.25. The quantitative estimate of drug-likeness (QED) is 0.243. The third-order valence-electron chi connectivity index (χ3n) is 5.55. The Morgan fingerprint density at radius 3 is 2.34 bits per heavy atom. The Kier molecular flexibility index (Phi) is 7.12. The van der Waals surface area contributed by atoms with E-state index in [4.69, 9.17) is 21.1 Å². The predicted octanol–water partition coefficient (Wildman–Crippen LogP) is 6.15. The molecule has 35 heavy (non-hydrogen) atoms. The van der Waals surface area contributed by atoms with E-state index in [-0.39, 0.29) is 17.4 Å². The normalized spacial score (nSPS) is 17.2. The maximum absolute atomic E-state index is 13.3. The van der Waals surface area contributed by atoms with Crippen LogP contribution in [0, 0.1) is 0 Å². The number of aliphatic hydroxyl groups is 1. The highest BCUT2D eigenvalue weighted by atomic mass is 35.5. The molecular weight excluding hydrogens is 466 g/mol. The number of benzene rings is 3. The first-order valence-corrected chi connectivity index (χ1v) is 11.7. The van der Waals surface area contributed by atoms with Crippen molar-refractivity contribution in [2.45, 2.75) is 32.9 Å². The number of carbonyl (C=O) groups is 2. The van der Waals surface area contributed by atoms with E-state index in [1.807, 2.05) is 26.8 Å². The zero-order valence-corrected chi connectivity index (χ0v) is 20.5. The smallest absolute Gasteiger partial charge is 0.300 e. The Morgan fingerprint density at radius 2 is 1.71 bits per heavy atom. The number of anilines is 1. The van der Waals surface area contributed by atoms with Crippen molar-refractivity contribution in [3.8, 4) is 11.5 Å². The molecule has 0 bridgehead atoms. The Morgan fingerprint density at radius 1 is 1.03 bits per heavy atom. The number of ether oxygens (including phenoxy) is 2. The molecule has 4 rings (SSSR count). The van der Waals surface area contributed by atoms with Crippen molar-refractivity contribution in [3.63, 3.8) is 0 Å². The molecule has 0 saturated carbocycles. The van der Waals surface area contributed by atoms with Gasteiger partial charge in [0.05, 0.1) is 29.3 Å². The van der Waals surface area contributed by atoms with Crippen molar-refractivity contribution in [3.05, 3.63) is 94.5 Å². The highest BCUT2D eigenvalue weighted by Crippen LogP contribution is 2.43. The average Bonchev–Trinajstić information content (AvgIpc) is 3.11. The Balaban J connectivity index is 1.88. The number of nitrogens with zero attached hydrogens (tertiary/aromatic N) is 1. The van der Waals surface area contributed by atoms with Gasteiger partial charge in [-0.05, 0) is 68.8 Å². The summed E-state index contributed by atoms with van der Waals surface area (Å²) in [5.74, 6) is -0.746. The van der Waals surface area contributed by atoms with Gasteiger partial charge in [0.25, 0.3) is 11.7 Å². The zero-order chi connectivity index (χ0) is 25.1. The topological polar surface area (TPSA) is 76.1 Å². The third-order valence-corrected chi connectivity index (χ3v) is 5.86. The van der Waals surface area contributed by atoms with E-state index in [9.17, 15) is 14.7 Å². The lowest BCUT2D eigenvalue weighted by molar-refractivity contribution is -0.132. The average molecular weight is 492 g/mol. The van der Waals surface area contributed by atoms with Gasteiger partial charge in [0.1, 0.15) is 17.3 Å². The minimum Gasteiger partial charge on any atom is -0.507 e. The summed E-state index contributed by atoms with van der Waals surface area (Å²) in [5.41, 5.74) is 1.52. The molecule has 0 aromatic heterocycles. The van der Waals surface area contributed by atoms with Crippen LogP contribution < -0.4 is 14.4 Å². The summed E-state index contributed by atoms with van der Waals surface area (Å²) < 4.78 is 11.3. The van der Waals surface area contributed by atoms with Crippen LogP contribution in [0.4, 0.5) is 5.69 Å². The molecule has 6 nitrogen and oxygen atoms in total. The van der Waals surface area contributed by atoms with Crippen molar-refractivity contribution in [1.82, 2.24) is 0 Å². The van der Waals surface area contributed by atoms with Crippen LogP contribution in [0.25, 0.3) is 5.76 Å². The molecule has 1 aliphatic rings. The molecule has 1 amide bonds. The molecule has 1 saturated heterocycles. The van der Waals surface area contributed by atoms with Crippen LogP contribution in [-0.4, -0.2) is 29.5 Å². The predicted molar refractivity (Wildman–Crippen MR) is 136 cm³/mol. The molecule has 180 valence electrons. The monoisotopic (exact) mass is 491 g/mol. The van der Waals surface area contributed by atoms with E-state index >= 15 is 0 Å². The molecule has 0 radical (unpaired) electrons. The summed E-state index contributed by atoms with van der Waals surface area (Å²) in [6.45, 7) is 6.07. The Labute approximate surface area is 209 Å². The van der Waals surface area contributed by atoms with Crippen molar-refractivity contribution in [2.75, 3.05) is 11.5 Å². The maximum Gasteiger partial charge on any atom is 0.300 e. The molecule has 1 fully saturated rings. The van der Waals surface area contributed by atoms with Gasteiger partial charge in [-0.1, -0.05) is 41.9 Å². The second kappa shape index (κ2) is 10.2. The van der Waals surface area contributed by atoms with Gasteiger partial charge in [-0.25, -0.2) is 0 Å². The summed E-state index contributed by atoms with van der Waals surface area (Å²) in [6.07, 6.45) is 0.000227. The van der Waals surface area contributed by atoms with Crippen molar-refractivity contribution in [2.24, 2.45) is 0 Å². The number of halogens is 1. The fraction of sp³-hybridized carbons (Fsp3) is 0.214. The number of hydrogen-bond donors (Lipinski definition) is 1. The first-order valence-electron chi connectivity index (χ1n) is 11.4. The largest absolute Gasteiger partial charge is 0.507 e. The minimum absolute atomic E-state index is 0.000227. The van der Waals surface area contributed by atoms with Crippen LogP contribution in [0.15, 0.2) is 78.4 Å². The lowest BCUT2D eigenvalue weighted by Crippen LogP contribution is -2.29. The van der Waals surface area contributed by atoms with Gasteiger partial charge in [0.15, 0.2) is 0 Å². The van der Waals surface area contributed by atoms with E-state index in [0.29, 0.717) is 39.9 Å². The standard InChI is InChI=1S/C28H26ClNO5/c1-4-34-23-16-19(12-15-22(23)29)26(31)24-25(18-10-13-21(14-11-18)35-17(2)3)30(28(33)27(24)32)20-8-6-5-7-9-20/h5-17,25,31H,4H2,1-3H3/b26-24-. The van der Waals surface area contributed by atoms with Gasteiger partial charge in [-0.15, -0.1) is 0 Å². The molecule has 1 N–H and O–H groups in total. The van der Waals surface area contributed by atoms with E-state index in [0.717, 1.165) is 0 Å². The van der Waals surface area contributed by atoms with Gasteiger partial charge in [0, 0.05) is 11.3 Å². The van der Waals surface area contributed by atoms with Crippen molar-refractivity contribution < 1.29 is 24.2 Å². The van der Waals surface area contributed by atoms with E-state index in [1.165, 1.54) is 4.90 Å². The van der Waals surface area contributed by atoms with Crippen LogP contribution in [0.1, 0.15) is 37.9 Å². The van der Waals surface area contributed by atoms with Crippen LogP contribution in [0.2, 0.25) is 5.02 Å². The van der Waals surface area contributed by atoms with E-state index < -0.39 is 17.7 Å². The second-order valence-corrected chi connectivity index (χ2v) is 8.73. The molecule has 0 aliphatic carbocycles. The molecule has 1 heterocycles. The number of hydrogen-bond acceptors (Lipinski definition) is 5. The Bertz CT molecular complexity index is 1270. The summed E-state index contributed by atoms with van der Waals surface area (Å²) >= 11 is 6.21. The lowest BCUT2D eigenvalue weighted by atomic mass is 9.95. The number of Topliss-reactive ketones (excluding diaryl/α,β-unsaturated/α-hetero) is 1. The van der Waals surface area contributed by atoms with Crippen LogP contribution >= 0.6 is 11.6 Å². The molecule has 1 unspecified atom stereocenters. The summed E-state index contributed by atoms with van der Waals surface area (Å²) in [6, 6.07) is 20.0. The number of carbonyl (C=O) groups excluding carboxylic acids is 2. The highest BCUT2D eigenvalue weighted by molar-refractivity contribution is 6.51. The van der Waals surface area contributed by atoms with Crippen LogP contribution in [0.5, 0.6) is 11.5 Å². The number of rotatable bonds is 7. The van der Waals surface area contributed by atoms with Crippen LogP contribution in [-0.2, 0) is 9.59 Å². The molecule has 3 aromatic rings. The first-order chi connectivity index (χ1) is 16.8. The molecular formula is C28H26ClNO5. The Hall–Kier alpha value is -3.77. The fourth-order valence-electron chi connectivity index (χ4n) is 4.08. The third kappa shape index (κ3) is 4.88. The number of para-hydroxylation sites is 1. The summed E-state index contributed by atoms with van der Waals surface area (Å²) in [4.78, 5) is 27.9. The van der Waals surface area contributed by atoms with Crippen molar-refractivity contribution in [1.29, 1.82) is 0 Å². The molecule has 3 aromatic carbocycles. The zero-order valence-electron chi connectivity index (χ0n) is 19.7. The van der Waals surface area contributed by atoms with Gasteiger partial charge in [-0.3, -0.25) is 14.5 Å². The van der Waals surface area contributed by atoms with Crippen molar-refractivity contribution >= 4 is 34.7 Å². The van der Waals surface area contributed by atoms with E-state index in [2.05, 4.69) is 0 Å². The van der Waals surface area contributed by atoms with Gasteiger partial charge < -0.3 is 14.6 Å². The SMILES string of the molecule is CCOc1cc(/C(O)=C2/C(=O)C(=O)N(c3ccccc3)C2c2ccc(OC(C)C)cc2)ccc1Cl. The summed E-state index contributed by atoms with van der Waals surface area (Å²) in [5, 5.41) is 11.7.